The largest absolute Gasteiger partial charge is 0.308 e. The van der Waals surface area contributed by atoms with Crippen LogP contribution < -0.4 is 5.32 Å². The Hall–Kier alpha value is -0.930. The zero-order valence-corrected chi connectivity index (χ0v) is 10.7. The fourth-order valence-electron chi connectivity index (χ4n) is 2.47. The number of likely N-dealkylation sites (N-methyl/N-ethyl adjacent to an activating group) is 1. The molecule has 3 heteroatoms. The monoisotopic (exact) mass is 236 g/mol. The molecular formula is C14H21FN2. The van der Waals surface area contributed by atoms with E-state index in [2.05, 4.69) is 24.1 Å². The average molecular weight is 236 g/mol. The third-order valence-electron chi connectivity index (χ3n) is 3.59. The van der Waals surface area contributed by atoms with Gasteiger partial charge in [0.15, 0.2) is 0 Å². The third-order valence-corrected chi connectivity index (χ3v) is 3.59. The summed E-state index contributed by atoms with van der Waals surface area (Å²) < 4.78 is 13.1. The van der Waals surface area contributed by atoms with Gasteiger partial charge in [0.2, 0.25) is 0 Å². The maximum absolute atomic E-state index is 13.1. The topological polar surface area (TPSA) is 15.3 Å². The maximum Gasteiger partial charge on any atom is 0.123 e. The lowest BCUT2D eigenvalue weighted by molar-refractivity contribution is 0.257. The van der Waals surface area contributed by atoms with Gasteiger partial charge in [-0.2, -0.15) is 0 Å². The number of benzene rings is 1. The minimum absolute atomic E-state index is 0.132. The van der Waals surface area contributed by atoms with Crippen LogP contribution in [0.15, 0.2) is 18.2 Å². The Morgan fingerprint density at radius 2 is 2.06 bits per heavy atom. The lowest BCUT2D eigenvalue weighted by Crippen LogP contribution is -2.44. The van der Waals surface area contributed by atoms with E-state index in [4.69, 9.17) is 0 Å². The molecule has 0 fully saturated rings. The van der Waals surface area contributed by atoms with Gasteiger partial charge >= 0.3 is 0 Å². The van der Waals surface area contributed by atoms with E-state index in [0.717, 1.165) is 38.2 Å². The number of hydrogen-bond acceptors (Lipinski definition) is 2. The molecule has 1 N–H and O–H groups in total. The van der Waals surface area contributed by atoms with Gasteiger partial charge < -0.3 is 10.2 Å². The maximum atomic E-state index is 13.1. The minimum Gasteiger partial charge on any atom is -0.308 e. The Morgan fingerprint density at radius 1 is 1.29 bits per heavy atom. The summed E-state index contributed by atoms with van der Waals surface area (Å²) in [6, 6.07) is 5.64. The second-order valence-electron chi connectivity index (χ2n) is 4.68. The van der Waals surface area contributed by atoms with Gasteiger partial charge in [-0.3, -0.25) is 0 Å². The molecule has 1 heterocycles. The van der Waals surface area contributed by atoms with Crippen LogP contribution in [0.2, 0.25) is 0 Å². The quantitative estimate of drug-likeness (QED) is 0.862. The summed E-state index contributed by atoms with van der Waals surface area (Å²) >= 11 is 0. The van der Waals surface area contributed by atoms with Crippen molar-refractivity contribution < 1.29 is 4.39 Å². The standard InChI is InChI=1S/C14H21FN2/c1-3-17(4-2)10-14-8-11-5-6-13(15)7-12(11)9-16-14/h5-7,14,16H,3-4,8-10H2,1-2H3. The predicted octanol–water partition coefficient (Wildman–Crippen LogP) is 2.18. The van der Waals surface area contributed by atoms with Crippen molar-refractivity contribution in [3.05, 3.63) is 35.1 Å². The highest BCUT2D eigenvalue weighted by Gasteiger charge is 2.19. The second-order valence-corrected chi connectivity index (χ2v) is 4.68. The van der Waals surface area contributed by atoms with Gasteiger partial charge in [-0.05, 0) is 42.8 Å². The number of fused-ring (bicyclic) bond motifs is 1. The highest BCUT2D eigenvalue weighted by atomic mass is 19.1. The second kappa shape index (κ2) is 5.61. The molecule has 1 unspecified atom stereocenters. The molecule has 94 valence electrons. The normalized spacial score (nSPS) is 19.4. The first-order valence-electron chi connectivity index (χ1n) is 6.46. The number of nitrogens with one attached hydrogen (secondary N) is 1. The lowest BCUT2D eigenvalue weighted by Gasteiger charge is -2.30. The van der Waals surface area contributed by atoms with Gasteiger partial charge in [-0.1, -0.05) is 19.9 Å². The molecule has 1 atom stereocenters. The van der Waals surface area contributed by atoms with Crippen LogP contribution in [0.3, 0.4) is 0 Å². The molecule has 0 saturated carbocycles. The van der Waals surface area contributed by atoms with Crippen LogP contribution in [0.5, 0.6) is 0 Å². The molecule has 0 spiro atoms. The average Bonchev–Trinajstić information content (AvgIpc) is 2.36. The fraction of sp³-hybridized carbons (Fsp3) is 0.571. The van der Waals surface area contributed by atoms with E-state index >= 15 is 0 Å². The smallest absolute Gasteiger partial charge is 0.123 e. The Balaban J connectivity index is 2.01. The van der Waals surface area contributed by atoms with Gasteiger partial charge in [0, 0.05) is 19.1 Å². The zero-order valence-electron chi connectivity index (χ0n) is 10.7. The van der Waals surface area contributed by atoms with Crippen molar-refractivity contribution in [1.82, 2.24) is 10.2 Å². The molecule has 2 nitrogen and oxygen atoms in total. The molecule has 0 saturated heterocycles. The summed E-state index contributed by atoms with van der Waals surface area (Å²) in [5.41, 5.74) is 2.41. The summed E-state index contributed by atoms with van der Waals surface area (Å²) in [6.45, 7) is 8.42. The third kappa shape index (κ3) is 3.05. The highest BCUT2D eigenvalue weighted by Crippen LogP contribution is 2.18. The molecule has 0 aliphatic carbocycles. The van der Waals surface area contributed by atoms with E-state index in [9.17, 15) is 4.39 Å². The Kier molecular flexibility index (Phi) is 4.13. The van der Waals surface area contributed by atoms with E-state index in [1.54, 1.807) is 12.1 Å². The number of rotatable bonds is 4. The molecule has 0 aromatic heterocycles. The molecule has 2 rings (SSSR count). The molecule has 0 radical (unpaired) electrons. The van der Waals surface area contributed by atoms with Crippen LogP contribution in [0, 0.1) is 5.82 Å². The van der Waals surface area contributed by atoms with E-state index in [1.807, 2.05) is 6.07 Å². The Morgan fingerprint density at radius 3 is 2.76 bits per heavy atom. The first-order chi connectivity index (χ1) is 8.22. The minimum atomic E-state index is -0.132. The van der Waals surface area contributed by atoms with Gasteiger partial charge in [-0.25, -0.2) is 4.39 Å². The van der Waals surface area contributed by atoms with Crippen molar-refractivity contribution in [2.24, 2.45) is 0 Å². The van der Waals surface area contributed by atoms with Crippen LogP contribution in [-0.4, -0.2) is 30.6 Å². The molecule has 1 aromatic carbocycles. The molecule has 1 aliphatic rings. The first kappa shape index (κ1) is 12.5. The number of halogens is 1. The van der Waals surface area contributed by atoms with Crippen molar-refractivity contribution in [3.63, 3.8) is 0 Å². The van der Waals surface area contributed by atoms with Crippen LogP contribution in [-0.2, 0) is 13.0 Å². The summed E-state index contributed by atoms with van der Waals surface area (Å²) in [6.07, 6.45) is 1.01. The number of nitrogens with zero attached hydrogens (tertiary/aromatic N) is 1. The SMILES string of the molecule is CCN(CC)CC1Cc2ccc(F)cc2CN1. The molecule has 17 heavy (non-hydrogen) atoms. The van der Waals surface area contributed by atoms with Gasteiger partial charge in [0.25, 0.3) is 0 Å². The summed E-state index contributed by atoms with van der Waals surface area (Å²) in [5.74, 6) is -0.132. The summed E-state index contributed by atoms with van der Waals surface area (Å²) in [7, 11) is 0. The van der Waals surface area contributed by atoms with Crippen molar-refractivity contribution in [3.8, 4) is 0 Å². The van der Waals surface area contributed by atoms with E-state index in [1.165, 1.54) is 5.56 Å². The van der Waals surface area contributed by atoms with Crippen LogP contribution in [0.4, 0.5) is 4.39 Å². The van der Waals surface area contributed by atoms with Gasteiger partial charge in [0.1, 0.15) is 5.82 Å². The molecule has 1 aromatic rings. The van der Waals surface area contributed by atoms with E-state index in [0.29, 0.717) is 6.04 Å². The fourth-order valence-corrected chi connectivity index (χ4v) is 2.47. The first-order valence-corrected chi connectivity index (χ1v) is 6.46. The van der Waals surface area contributed by atoms with Crippen molar-refractivity contribution in [2.45, 2.75) is 32.9 Å². The van der Waals surface area contributed by atoms with Gasteiger partial charge in [0.05, 0.1) is 0 Å². The van der Waals surface area contributed by atoms with E-state index < -0.39 is 0 Å². The predicted molar refractivity (Wildman–Crippen MR) is 68.5 cm³/mol. The molecule has 0 bridgehead atoms. The Bertz CT molecular complexity index is 374. The van der Waals surface area contributed by atoms with Crippen LogP contribution in [0.1, 0.15) is 25.0 Å². The molecule has 1 aliphatic heterocycles. The van der Waals surface area contributed by atoms with Crippen LogP contribution >= 0.6 is 0 Å². The zero-order chi connectivity index (χ0) is 12.3. The highest BCUT2D eigenvalue weighted by molar-refractivity contribution is 5.30. The van der Waals surface area contributed by atoms with Crippen molar-refractivity contribution in [2.75, 3.05) is 19.6 Å². The summed E-state index contributed by atoms with van der Waals surface area (Å²) in [5, 5.41) is 3.49. The van der Waals surface area contributed by atoms with Crippen LogP contribution in [0.25, 0.3) is 0 Å². The van der Waals surface area contributed by atoms with Gasteiger partial charge in [-0.15, -0.1) is 0 Å². The molecular weight excluding hydrogens is 215 g/mol. The van der Waals surface area contributed by atoms with E-state index in [-0.39, 0.29) is 5.82 Å². The summed E-state index contributed by atoms with van der Waals surface area (Å²) in [4.78, 5) is 2.42. The molecule has 0 amide bonds. The number of hydrogen-bond donors (Lipinski definition) is 1. The van der Waals surface area contributed by atoms with Crippen molar-refractivity contribution >= 4 is 0 Å². The van der Waals surface area contributed by atoms with Crippen molar-refractivity contribution in [1.29, 1.82) is 0 Å². The lowest BCUT2D eigenvalue weighted by atomic mass is 9.95. The Labute approximate surface area is 103 Å².